The van der Waals surface area contributed by atoms with E-state index >= 15 is 0 Å². The number of hydrogen-bond acceptors (Lipinski definition) is 3. The molecule has 1 unspecified atom stereocenters. The Balaban J connectivity index is 1.67. The quantitative estimate of drug-likeness (QED) is 0.782. The summed E-state index contributed by atoms with van der Waals surface area (Å²) in [5.74, 6) is 0.861. The number of nitrogens with zero attached hydrogens (tertiary/aromatic N) is 1. The second kappa shape index (κ2) is 3.68. The molecule has 3 aliphatic rings. The van der Waals surface area contributed by atoms with E-state index < -0.39 is 10.0 Å². The molecule has 0 aromatic heterocycles. The normalized spacial score (nSPS) is 36.2. The van der Waals surface area contributed by atoms with Crippen molar-refractivity contribution >= 4 is 10.0 Å². The molecule has 1 aliphatic carbocycles. The van der Waals surface area contributed by atoms with Crippen molar-refractivity contribution < 1.29 is 8.42 Å². The van der Waals surface area contributed by atoms with Gasteiger partial charge in [0.05, 0.1) is 5.75 Å². The minimum atomic E-state index is -2.95. The van der Waals surface area contributed by atoms with Crippen LogP contribution in [0.1, 0.15) is 25.7 Å². The van der Waals surface area contributed by atoms with E-state index in [1.165, 1.54) is 0 Å². The van der Waals surface area contributed by atoms with Gasteiger partial charge in [0.15, 0.2) is 0 Å². The standard InChI is InChI=1S/C11H20N2O2S/c14-16(15,7-10-1-2-10)13-6-4-11(9-13)3-5-12-8-11/h10,12H,1-9H2. The second-order valence-corrected chi connectivity index (χ2v) is 7.75. The van der Waals surface area contributed by atoms with Crippen LogP contribution in [0.25, 0.3) is 0 Å². The van der Waals surface area contributed by atoms with E-state index in [0.29, 0.717) is 11.7 Å². The minimum absolute atomic E-state index is 0.261. The van der Waals surface area contributed by atoms with Gasteiger partial charge in [-0.15, -0.1) is 0 Å². The van der Waals surface area contributed by atoms with Crippen molar-refractivity contribution in [2.45, 2.75) is 25.7 Å². The van der Waals surface area contributed by atoms with E-state index in [1.807, 2.05) is 0 Å². The Hall–Kier alpha value is -0.130. The molecule has 4 nitrogen and oxygen atoms in total. The summed E-state index contributed by atoms with van der Waals surface area (Å²) in [4.78, 5) is 0. The van der Waals surface area contributed by atoms with Gasteiger partial charge in [-0.05, 0) is 43.6 Å². The average Bonchev–Trinajstić information content (AvgIpc) is 2.81. The summed E-state index contributed by atoms with van der Waals surface area (Å²) in [5, 5.41) is 3.36. The Morgan fingerprint density at radius 3 is 2.75 bits per heavy atom. The first-order chi connectivity index (χ1) is 7.60. The molecule has 16 heavy (non-hydrogen) atoms. The van der Waals surface area contributed by atoms with E-state index in [9.17, 15) is 8.42 Å². The molecule has 0 amide bonds. The molecule has 5 heteroatoms. The summed E-state index contributed by atoms with van der Waals surface area (Å²) in [7, 11) is -2.95. The lowest BCUT2D eigenvalue weighted by Crippen LogP contribution is -2.35. The molecule has 0 radical (unpaired) electrons. The SMILES string of the molecule is O=S(=O)(CC1CC1)N1CCC2(CCNC2)C1. The Bertz CT molecular complexity index is 369. The van der Waals surface area contributed by atoms with Crippen molar-refractivity contribution in [2.75, 3.05) is 31.9 Å². The molecule has 2 heterocycles. The first kappa shape index (κ1) is 11.0. The fourth-order valence-corrected chi connectivity index (χ4v) is 4.94. The number of hydrogen-bond donors (Lipinski definition) is 1. The zero-order valence-electron chi connectivity index (χ0n) is 9.61. The highest BCUT2D eigenvalue weighted by molar-refractivity contribution is 7.89. The maximum atomic E-state index is 12.1. The van der Waals surface area contributed by atoms with E-state index in [2.05, 4.69) is 5.32 Å². The van der Waals surface area contributed by atoms with Crippen LogP contribution in [-0.2, 0) is 10.0 Å². The van der Waals surface area contributed by atoms with Crippen LogP contribution in [0.4, 0.5) is 0 Å². The predicted molar refractivity (Wildman–Crippen MR) is 62.6 cm³/mol. The van der Waals surface area contributed by atoms with Gasteiger partial charge >= 0.3 is 0 Å². The Kier molecular flexibility index (Phi) is 2.53. The molecule has 3 rings (SSSR count). The van der Waals surface area contributed by atoms with Crippen LogP contribution in [0, 0.1) is 11.3 Å². The summed E-state index contributed by atoms with van der Waals surface area (Å²) in [5.41, 5.74) is 0.261. The zero-order valence-corrected chi connectivity index (χ0v) is 10.4. The van der Waals surface area contributed by atoms with Crippen molar-refractivity contribution in [3.05, 3.63) is 0 Å². The van der Waals surface area contributed by atoms with Gasteiger partial charge in [-0.2, -0.15) is 0 Å². The topological polar surface area (TPSA) is 49.4 Å². The molecule has 1 spiro atoms. The Labute approximate surface area is 97.4 Å². The van der Waals surface area contributed by atoms with Crippen LogP contribution in [-0.4, -0.2) is 44.7 Å². The van der Waals surface area contributed by atoms with Crippen LogP contribution in [0.5, 0.6) is 0 Å². The molecule has 2 aliphatic heterocycles. The predicted octanol–water partition coefficient (Wildman–Crippen LogP) is 0.412. The molecule has 1 atom stereocenters. The Morgan fingerprint density at radius 1 is 1.31 bits per heavy atom. The molecular weight excluding hydrogens is 224 g/mol. The first-order valence-electron chi connectivity index (χ1n) is 6.28. The summed E-state index contributed by atoms with van der Waals surface area (Å²) >= 11 is 0. The van der Waals surface area contributed by atoms with Gasteiger partial charge in [0.2, 0.25) is 10.0 Å². The van der Waals surface area contributed by atoms with Gasteiger partial charge in [0.25, 0.3) is 0 Å². The van der Waals surface area contributed by atoms with Gasteiger partial charge in [0.1, 0.15) is 0 Å². The zero-order chi connectivity index (χ0) is 11.2. The highest BCUT2D eigenvalue weighted by Crippen LogP contribution is 2.39. The molecule has 92 valence electrons. The monoisotopic (exact) mass is 244 g/mol. The maximum Gasteiger partial charge on any atom is 0.214 e. The minimum Gasteiger partial charge on any atom is -0.316 e. The number of rotatable bonds is 3. The first-order valence-corrected chi connectivity index (χ1v) is 7.89. The van der Waals surface area contributed by atoms with Crippen LogP contribution in [0.3, 0.4) is 0 Å². The van der Waals surface area contributed by atoms with Gasteiger partial charge in [0, 0.05) is 19.6 Å². The van der Waals surface area contributed by atoms with Gasteiger partial charge in [-0.1, -0.05) is 0 Å². The van der Waals surface area contributed by atoms with Gasteiger partial charge < -0.3 is 5.32 Å². The summed E-state index contributed by atoms with van der Waals surface area (Å²) < 4.78 is 26.0. The lowest BCUT2D eigenvalue weighted by atomic mass is 9.87. The van der Waals surface area contributed by atoms with E-state index in [4.69, 9.17) is 0 Å². The van der Waals surface area contributed by atoms with Crippen molar-refractivity contribution in [1.29, 1.82) is 0 Å². The van der Waals surface area contributed by atoms with Crippen molar-refractivity contribution in [3.63, 3.8) is 0 Å². The van der Waals surface area contributed by atoms with Gasteiger partial charge in [-0.3, -0.25) is 0 Å². The van der Waals surface area contributed by atoms with E-state index in [-0.39, 0.29) is 5.41 Å². The van der Waals surface area contributed by atoms with Crippen LogP contribution >= 0.6 is 0 Å². The maximum absolute atomic E-state index is 12.1. The number of nitrogens with one attached hydrogen (secondary N) is 1. The molecule has 0 aromatic rings. The summed E-state index contributed by atoms with van der Waals surface area (Å²) in [6.45, 7) is 3.56. The van der Waals surface area contributed by atoms with Crippen LogP contribution in [0.15, 0.2) is 0 Å². The highest BCUT2D eigenvalue weighted by atomic mass is 32.2. The van der Waals surface area contributed by atoms with E-state index in [0.717, 1.165) is 51.9 Å². The lowest BCUT2D eigenvalue weighted by molar-refractivity contribution is 0.337. The molecule has 0 bridgehead atoms. The van der Waals surface area contributed by atoms with Gasteiger partial charge in [-0.25, -0.2) is 12.7 Å². The molecule has 3 fully saturated rings. The molecule has 0 aromatic carbocycles. The molecule has 1 N–H and O–H groups in total. The second-order valence-electron chi connectivity index (χ2n) is 5.73. The fourth-order valence-electron chi connectivity index (χ4n) is 2.96. The van der Waals surface area contributed by atoms with Crippen molar-refractivity contribution in [1.82, 2.24) is 9.62 Å². The average molecular weight is 244 g/mol. The highest BCUT2D eigenvalue weighted by Gasteiger charge is 2.44. The largest absolute Gasteiger partial charge is 0.316 e. The molecular formula is C11H20N2O2S. The van der Waals surface area contributed by atoms with E-state index in [1.54, 1.807) is 4.31 Å². The summed E-state index contributed by atoms with van der Waals surface area (Å²) in [6.07, 6.45) is 4.41. The third-order valence-corrected chi connectivity index (χ3v) is 6.26. The van der Waals surface area contributed by atoms with Crippen LogP contribution in [0.2, 0.25) is 0 Å². The smallest absolute Gasteiger partial charge is 0.214 e. The summed E-state index contributed by atoms with van der Waals surface area (Å²) in [6, 6.07) is 0. The third-order valence-electron chi connectivity index (χ3n) is 4.27. The van der Waals surface area contributed by atoms with Crippen LogP contribution < -0.4 is 5.32 Å². The molecule has 1 saturated carbocycles. The Morgan fingerprint density at radius 2 is 2.12 bits per heavy atom. The third kappa shape index (κ3) is 2.00. The number of sulfonamides is 1. The van der Waals surface area contributed by atoms with Crippen molar-refractivity contribution in [2.24, 2.45) is 11.3 Å². The van der Waals surface area contributed by atoms with Crippen molar-refractivity contribution in [3.8, 4) is 0 Å². The molecule has 2 saturated heterocycles. The fraction of sp³-hybridized carbons (Fsp3) is 1.00. The lowest BCUT2D eigenvalue weighted by Gasteiger charge is -2.22.